The Labute approximate surface area is 166 Å². The van der Waals surface area contributed by atoms with Crippen molar-refractivity contribution < 1.29 is 14.0 Å². The molecule has 3 aliphatic rings. The van der Waals surface area contributed by atoms with E-state index in [-0.39, 0.29) is 24.0 Å². The molecular weight excluding hydrogens is 357 g/mol. The predicted octanol–water partition coefficient (Wildman–Crippen LogP) is 3.83. The molecule has 3 saturated heterocycles. The zero-order chi connectivity index (χ0) is 19.7. The standard InChI is InChI=1S/C22H30FN3O2/c1-24(22(28)25-11-3-2-4-12-25)15-16-5-7-17(8-6-16)21(27)26-19-9-10-20(26)14-18(23)13-19/h5-8,18-20H,2-4,9-15H2,1H3. The van der Waals surface area contributed by atoms with Crippen LogP contribution in [0.4, 0.5) is 9.18 Å². The number of amides is 3. The molecular formula is C22H30FN3O2. The summed E-state index contributed by atoms with van der Waals surface area (Å²) < 4.78 is 13.8. The molecule has 2 atom stereocenters. The van der Waals surface area contributed by atoms with Gasteiger partial charge in [0.25, 0.3) is 5.91 Å². The number of likely N-dealkylation sites (tertiary alicyclic amines) is 1. The average molecular weight is 387 g/mol. The van der Waals surface area contributed by atoms with Crippen LogP contribution in [-0.4, -0.2) is 65.0 Å². The highest BCUT2D eigenvalue weighted by atomic mass is 19.1. The van der Waals surface area contributed by atoms with E-state index in [0.29, 0.717) is 24.9 Å². The summed E-state index contributed by atoms with van der Waals surface area (Å²) in [7, 11) is 1.83. The molecule has 28 heavy (non-hydrogen) atoms. The molecule has 2 bridgehead atoms. The summed E-state index contributed by atoms with van der Waals surface area (Å²) in [6.07, 6.45) is 5.38. The van der Waals surface area contributed by atoms with Crippen molar-refractivity contribution >= 4 is 11.9 Å². The summed E-state index contributed by atoms with van der Waals surface area (Å²) in [5.41, 5.74) is 1.66. The number of hydrogen-bond acceptors (Lipinski definition) is 2. The van der Waals surface area contributed by atoms with Gasteiger partial charge in [-0.3, -0.25) is 4.79 Å². The lowest BCUT2D eigenvalue weighted by Crippen LogP contribution is -2.47. The minimum atomic E-state index is -0.767. The second-order valence-corrected chi connectivity index (χ2v) is 8.55. The molecule has 0 N–H and O–H groups in total. The third kappa shape index (κ3) is 3.87. The van der Waals surface area contributed by atoms with Crippen molar-refractivity contribution in [2.45, 2.75) is 69.7 Å². The number of fused-ring (bicyclic) bond motifs is 2. The first-order chi connectivity index (χ1) is 13.5. The van der Waals surface area contributed by atoms with E-state index in [4.69, 9.17) is 0 Å². The molecule has 1 aromatic carbocycles. The molecule has 1 aromatic rings. The number of benzene rings is 1. The van der Waals surface area contributed by atoms with Crippen LogP contribution in [0.25, 0.3) is 0 Å². The van der Waals surface area contributed by atoms with Crippen LogP contribution in [0.1, 0.15) is 60.9 Å². The lowest BCUT2D eigenvalue weighted by Gasteiger charge is -2.36. The molecule has 3 heterocycles. The topological polar surface area (TPSA) is 43.9 Å². The van der Waals surface area contributed by atoms with E-state index >= 15 is 0 Å². The molecule has 0 spiro atoms. The molecule has 3 aliphatic heterocycles. The van der Waals surface area contributed by atoms with Crippen LogP contribution in [0.3, 0.4) is 0 Å². The summed E-state index contributed by atoms with van der Waals surface area (Å²) in [6, 6.07) is 7.72. The van der Waals surface area contributed by atoms with Crippen molar-refractivity contribution in [1.82, 2.24) is 14.7 Å². The SMILES string of the molecule is CN(Cc1ccc(C(=O)N2C3CCC2CC(F)C3)cc1)C(=O)N1CCCCC1. The summed E-state index contributed by atoms with van der Waals surface area (Å²) in [5.74, 6) is 0.0173. The summed E-state index contributed by atoms with van der Waals surface area (Å²) in [5, 5.41) is 0. The second-order valence-electron chi connectivity index (χ2n) is 8.55. The maximum Gasteiger partial charge on any atom is 0.320 e. The number of hydrogen-bond donors (Lipinski definition) is 0. The summed E-state index contributed by atoms with van der Waals surface area (Å²) >= 11 is 0. The molecule has 6 heteroatoms. The van der Waals surface area contributed by atoms with Gasteiger partial charge in [0.1, 0.15) is 6.17 Å². The van der Waals surface area contributed by atoms with Crippen molar-refractivity contribution in [1.29, 1.82) is 0 Å². The molecule has 0 radical (unpaired) electrons. The van der Waals surface area contributed by atoms with E-state index < -0.39 is 6.17 Å². The largest absolute Gasteiger partial charge is 0.332 e. The van der Waals surface area contributed by atoms with Gasteiger partial charge in [0, 0.05) is 44.3 Å². The molecule has 5 nitrogen and oxygen atoms in total. The number of carbonyl (C=O) groups excluding carboxylic acids is 2. The third-order valence-electron chi connectivity index (χ3n) is 6.48. The zero-order valence-corrected chi connectivity index (χ0v) is 16.6. The van der Waals surface area contributed by atoms with E-state index in [1.807, 2.05) is 41.1 Å². The Morgan fingerprint density at radius 3 is 2.25 bits per heavy atom. The molecule has 0 aromatic heterocycles. The maximum absolute atomic E-state index is 13.8. The summed E-state index contributed by atoms with van der Waals surface area (Å²) in [6.45, 7) is 2.21. The van der Waals surface area contributed by atoms with E-state index in [1.165, 1.54) is 6.42 Å². The number of carbonyl (C=O) groups is 2. The smallest absolute Gasteiger partial charge is 0.320 e. The van der Waals surface area contributed by atoms with E-state index in [9.17, 15) is 14.0 Å². The van der Waals surface area contributed by atoms with Crippen molar-refractivity contribution in [3.8, 4) is 0 Å². The van der Waals surface area contributed by atoms with Crippen molar-refractivity contribution in [3.63, 3.8) is 0 Å². The third-order valence-corrected chi connectivity index (χ3v) is 6.48. The van der Waals surface area contributed by atoms with Gasteiger partial charge in [0.05, 0.1) is 0 Å². The Balaban J connectivity index is 1.37. The van der Waals surface area contributed by atoms with Crippen LogP contribution in [0.5, 0.6) is 0 Å². The van der Waals surface area contributed by atoms with E-state index in [1.54, 1.807) is 4.90 Å². The number of alkyl halides is 1. The molecule has 4 rings (SSSR count). The van der Waals surface area contributed by atoms with Gasteiger partial charge in [-0.05, 0) is 62.6 Å². The summed E-state index contributed by atoms with van der Waals surface area (Å²) in [4.78, 5) is 31.1. The van der Waals surface area contributed by atoms with Gasteiger partial charge in [-0.2, -0.15) is 0 Å². The van der Waals surface area contributed by atoms with Crippen LogP contribution in [0.15, 0.2) is 24.3 Å². The maximum atomic E-state index is 13.8. The minimum Gasteiger partial charge on any atom is -0.332 e. The van der Waals surface area contributed by atoms with Gasteiger partial charge < -0.3 is 14.7 Å². The van der Waals surface area contributed by atoms with E-state index in [0.717, 1.165) is 44.3 Å². The Bertz CT molecular complexity index is 703. The van der Waals surface area contributed by atoms with Crippen LogP contribution in [0, 0.1) is 0 Å². The quantitative estimate of drug-likeness (QED) is 0.791. The van der Waals surface area contributed by atoms with Crippen molar-refractivity contribution in [3.05, 3.63) is 35.4 Å². The Hall–Kier alpha value is -2.11. The Morgan fingerprint density at radius 1 is 1.04 bits per heavy atom. The molecule has 2 unspecified atom stereocenters. The Morgan fingerprint density at radius 2 is 1.64 bits per heavy atom. The highest BCUT2D eigenvalue weighted by Gasteiger charge is 2.43. The monoisotopic (exact) mass is 387 g/mol. The molecule has 3 amide bonds. The minimum absolute atomic E-state index is 0.0173. The first-order valence-electron chi connectivity index (χ1n) is 10.6. The van der Waals surface area contributed by atoms with Crippen LogP contribution in [-0.2, 0) is 6.54 Å². The first-order valence-corrected chi connectivity index (χ1v) is 10.6. The molecule has 0 aliphatic carbocycles. The van der Waals surface area contributed by atoms with Gasteiger partial charge in [0.15, 0.2) is 0 Å². The molecule has 3 fully saturated rings. The lowest BCUT2D eigenvalue weighted by atomic mass is 9.99. The fourth-order valence-electron chi connectivity index (χ4n) is 5.01. The molecule has 0 saturated carbocycles. The fourth-order valence-corrected chi connectivity index (χ4v) is 5.01. The number of halogens is 1. The number of piperidine rings is 2. The fraction of sp³-hybridized carbons (Fsp3) is 0.636. The number of urea groups is 1. The highest BCUT2D eigenvalue weighted by Crippen LogP contribution is 2.37. The van der Waals surface area contributed by atoms with Crippen molar-refractivity contribution in [2.24, 2.45) is 0 Å². The van der Waals surface area contributed by atoms with Crippen LogP contribution < -0.4 is 0 Å². The van der Waals surface area contributed by atoms with Gasteiger partial charge in [0.2, 0.25) is 0 Å². The zero-order valence-electron chi connectivity index (χ0n) is 16.6. The highest BCUT2D eigenvalue weighted by molar-refractivity contribution is 5.95. The normalized spacial score (nSPS) is 27.0. The Kier molecular flexibility index (Phi) is 5.56. The lowest BCUT2D eigenvalue weighted by molar-refractivity contribution is 0.0479. The van der Waals surface area contributed by atoms with Gasteiger partial charge in [-0.1, -0.05) is 12.1 Å². The second kappa shape index (κ2) is 8.10. The van der Waals surface area contributed by atoms with Gasteiger partial charge >= 0.3 is 6.03 Å². The van der Waals surface area contributed by atoms with Gasteiger partial charge in [-0.25, -0.2) is 9.18 Å². The van der Waals surface area contributed by atoms with Crippen LogP contribution in [0.2, 0.25) is 0 Å². The van der Waals surface area contributed by atoms with Crippen molar-refractivity contribution in [2.75, 3.05) is 20.1 Å². The van der Waals surface area contributed by atoms with Crippen LogP contribution >= 0.6 is 0 Å². The van der Waals surface area contributed by atoms with E-state index in [2.05, 4.69) is 0 Å². The average Bonchev–Trinajstić information content (AvgIpc) is 2.99. The first kappa shape index (κ1) is 19.2. The predicted molar refractivity (Wildman–Crippen MR) is 106 cm³/mol. The number of nitrogens with zero attached hydrogens (tertiary/aromatic N) is 3. The van der Waals surface area contributed by atoms with Gasteiger partial charge in [-0.15, -0.1) is 0 Å². The number of rotatable bonds is 3. The molecule has 152 valence electrons.